The van der Waals surface area contributed by atoms with E-state index in [1.165, 1.54) is 42.9 Å². The molecule has 0 aromatic carbocycles. The van der Waals surface area contributed by atoms with E-state index < -0.39 is 0 Å². The van der Waals surface area contributed by atoms with E-state index in [0.717, 1.165) is 19.5 Å². The molecule has 1 unspecified atom stereocenters. The summed E-state index contributed by atoms with van der Waals surface area (Å²) in [7, 11) is 0. The third-order valence-corrected chi connectivity index (χ3v) is 4.82. The topological polar surface area (TPSA) is 28.2 Å². The summed E-state index contributed by atoms with van der Waals surface area (Å²) in [6.07, 6.45) is 5.29. The largest absolute Gasteiger partial charge is 0.315 e. The predicted molar refractivity (Wildman–Crippen MR) is 78.3 cm³/mol. The average Bonchev–Trinajstić information content (AvgIpc) is 2.81. The Kier molecular flexibility index (Phi) is 5.60. The van der Waals surface area contributed by atoms with Crippen molar-refractivity contribution in [1.82, 2.24) is 15.2 Å². The van der Waals surface area contributed by atoms with E-state index in [2.05, 4.69) is 29.0 Å². The summed E-state index contributed by atoms with van der Waals surface area (Å²) in [6.45, 7) is 9.20. The van der Waals surface area contributed by atoms with Crippen LogP contribution < -0.4 is 5.32 Å². The summed E-state index contributed by atoms with van der Waals surface area (Å²) in [5.41, 5.74) is 3.15. The van der Waals surface area contributed by atoms with Crippen LogP contribution in [0.4, 0.5) is 0 Å². The average molecular weight is 267 g/mol. The molecule has 0 bridgehead atoms. The van der Waals surface area contributed by atoms with Gasteiger partial charge in [-0.3, -0.25) is 4.90 Å². The Morgan fingerprint density at radius 3 is 2.83 bits per heavy atom. The van der Waals surface area contributed by atoms with Crippen LogP contribution in [0.25, 0.3) is 0 Å². The van der Waals surface area contributed by atoms with Crippen molar-refractivity contribution in [1.29, 1.82) is 0 Å². The normalized spacial score (nSPS) is 19.0. The van der Waals surface area contributed by atoms with E-state index in [1.54, 1.807) is 11.3 Å². The van der Waals surface area contributed by atoms with Gasteiger partial charge in [0.25, 0.3) is 0 Å². The zero-order valence-electron chi connectivity index (χ0n) is 11.6. The fourth-order valence-corrected chi connectivity index (χ4v) is 3.35. The van der Waals surface area contributed by atoms with Crippen LogP contribution in [0.3, 0.4) is 0 Å². The second-order valence-electron chi connectivity index (χ2n) is 5.26. The number of aryl methyl sites for hydroxylation is 1. The molecule has 1 fully saturated rings. The lowest BCUT2D eigenvalue weighted by Crippen LogP contribution is -2.43. The first-order valence-electron chi connectivity index (χ1n) is 7.11. The van der Waals surface area contributed by atoms with Crippen LogP contribution in [0.5, 0.6) is 0 Å². The molecule has 0 radical (unpaired) electrons. The molecule has 18 heavy (non-hydrogen) atoms. The van der Waals surface area contributed by atoms with Gasteiger partial charge < -0.3 is 5.32 Å². The standard InChI is InChI=1S/C14H25N3S/c1-12(17-8-4-3-5-9-17)10-15-7-6-14-13(2)16-11-18-14/h11-12,15H,3-10H2,1-2H3. The molecule has 1 aromatic heterocycles. The maximum absolute atomic E-state index is 4.29. The van der Waals surface area contributed by atoms with E-state index >= 15 is 0 Å². The van der Waals surface area contributed by atoms with Crippen LogP contribution >= 0.6 is 11.3 Å². The van der Waals surface area contributed by atoms with Gasteiger partial charge in [-0.1, -0.05) is 6.42 Å². The van der Waals surface area contributed by atoms with Crippen molar-refractivity contribution in [3.05, 3.63) is 16.1 Å². The first kappa shape index (κ1) is 14.0. The smallest absolute Gasteiger partial charge is 0.0797 e. The third kappa shape index (κ3) is 4.04. The Balaban J connectivity index is 1.61. The first-order valence-corrected chi connectivity index (χ1v) is 7.99. The zero-order chi connectivity index (χ0) is 12.8. The van der Waals surface area contributed by atoms with Gasteiger partial charge in [-0.05, 0) is 46.2 Å². The number of piperidine rings is 1. The van der Waals surface area contributed by atoms with E-state index in [9.17, 15) is 0 Å². The SMILES string of the molecule is Cc1ncsc1CCNCC(C)N1CCCCC1. The van der Waals surface area contributed by atoms with Crippen LogP contribution in [0, 0.1) is 6.92 Å². The number of nitrogens with one attached hydrogen (secondary N) is 1. The maximum atomic E-state index is 4.29. The summed E-state index contributed by atoms with van der Waals surface area (Å²) in [5, 5.41) is 3.59. The highest BCUT2D eigenvalue weighted by atomic mass is 32.1. The number of likely N-dealkylation sites (tertiary alicyclic amines) is 1. The molecule has 3 nitrogen and oxygen atoms in total. The summed E-state index contributed by atoms with van der Waals surface area (Å²) in [4.78, 5) is 8.33. The lowest BCUT2D eigenvalue weighted by atomic mass is 10.1. The van der Waals surface area contributed by atoms with Gasteiger partial charge in [0.15, 0.2) is 0 Å². The molecule has 4 heteroatoms. The molecule has 1 aliphatic rings. The van der Waals surface area contributed by atoms with E-state index in [4.69, 9.17) is 0 Å². The van der Waals surface area contributed by atoms with Crippen molar-refractivity contribution < 1.29 is 0 Å². The highest BCUT2D eigenvalue weighted by Gasteiger charge is 2.15. The molecule has 1 saturated heterocycles. The summed E-state index contributed by atoms with van der Waals surface area (Å²) in [5.74, 6) is 0. The number of thiazole rings is 1. The minimum absolute atomic E-state index is 0.674. The first-order chi connectivity index (χ1) is 8.77. The number of hydrogen-bond donors (Lipinski definition) is 1. The quantitative estimate of drug-likeness (QED) is 0.803. The van der Waals surface area contributed by atoms with Crippen LogP contribution in [-0.2, 0) is 6.42 Å². The summed E-state index contributed by atoms with van der Waals surface area (Å²) >= 11 is 1.77. The number of rotatable bonds is 6. The minimum Gasteiger partial charge on any atom is -0.315 e. The van der Waals surface area contributed by atoms with E-state index in [0.29, 0.717) is 6.04 Å². The van der Waals surface area contributed by atoms with E-state index in [-0.39, 0.29) is 0 Å². The highest BCUT2D eigenvalue weighted by Crippen LogP contribution is 2.13. The lowest BCUT2D eigenvalue weighted by Gasteiger charge is -2.32. The van der Waals surface area contributed by atoms with E-state index in [1.807, 2.05) is 5.51 Å². The fourth-order valence-electron chi connectivity index (χ4n) is 2.57. The van der Waals surface area contributed by atoms with Gasteiger partial charge in [-0.2, -0.15) is 0 Å². The van der Waals surface area contributed by atoms with Crippen molar-refractivity contribution in [2.75, 3.05) is 26.2 Å². The van der Waals surface area contributed by atoms with Crippen molar-refractivity contribution in [2.24, 2.45) is 0 Å². The number of nitrogens with zero attached hydrogens (tertiary/aromatic N) is 2. The van der Waals surface area contributed by atoms with Crippen molar-refractivity contribution in [3.63, 3.8) is 0 Å². The van der Waals surface area contributed by atoms with Crippen LogP contribution in [0.15, 0.2) is 5.51 Å². The predicted octanol–water partition coefficient (Wildman–Crippen LogP) is 2.46. The second kappa shape index (κ2) is 7.22. The van der Waals surface area contributed by atoms with Gasteiger partial charge in [0.1, 0.15) is 0 Å². The minimum atomic E-state index is 0.674. The monoisotopic (exact) mass is 267 g/mol. The van der Waals surface area contributed by atoms with Crippen molar-refractivity contribution in [2.45, 2.75) is 45.6 Å². The Hall–Kier alpha value is -0.450. The van der Waals surface area contributed by atoms with Gasteiger partial charge in [0, 0.05) is 24.0 Å². The van der Waals surface area contributed by atoms with Gasteiger partial charge in [-0.25, -0.2) is 4.98 Å². The molecule has 1 N–H and O–H groups in total. The number of aromatic nitrogens is 1. The van der Waals surface area contributed by atoms with Gasteiger partial charge in [-0.15, -0.1) is 11.3 Å². The Bertz CT molecular complexity index is 345. The molecular formula is C14H25N3S. The summed E-state index contributed by atoms with van der Waals surface area (Å²) in [6, 6.07) is 0.674. The molecule has 0 aliphatic carbocycles. The lowest BCUT2D eigenvalue weighted by molar-refractivity contribution is 0.171. The zero-order valence-corrected chi connectivity index (χ0v) is 12.4. The molecule has 2 heterocycles. The maximum Gasteiger partial charge on any atom is 0.0797 e. The molecule has 0 spiro atoms. The Labute approximate surface area is 115 Å². The molecule has 1 aliphatic heterocycles. The van der Waals surface area contributed by atoms with Gasteiger partial charge in [0.05, 0.1) is 11.2 Å². The molecule has 102 valence electrons. The molecule has 1 atom stereocenters. The Morgan fingerprint density at radius 2 is 2.17 bits per heavy atom. The molecular weight excluding hydrogens is 242 g/mol. The van der Waals surface area contributed by atoms with Crippen LogP contribution in [0.2, 0.25) is 0 Å². The highest BCUT2D eigenvalue weighted by molar-refractivity contribution is 7.09. The van der Waals surface area contributed by atoms with Crippen molar-refractivity contribution >= 4 is 11.3 Å². The fraction of sp³-hybridized carbons (Fsp3) is 0.786. The molecule has 0 saturated carbocycles. The molecule has 0 amide bonds. The second-order valence-corrected chi connectivity index (χ2v) is 6.20. The summed E-state index contributed by atoms with van der Waals surface area (Å²) < 4.78 is 0. The molecule has 2 rings (SSSR count). The van der Waals surface area contributed by atoms with Gasteiger partial charge in [0.2, 0.25) is 0 Å². The Morgan fingerprint density at radius 1 is 1.39 bits per heavy atom. The van der Waals surface area contributed by atoms with Gasteiger partial charge >= 0.3 is 0 Å². The van der Waals surface area contributed by atoms with Crippen molar-refractivity contribution in [3.8, 4) is 0 Å². The van der Waals surface area contributed by atoms with Crippen LogP contribution in [0.1, 0.15) is 36.8 Å². The van der Waals surface area contributed by atoms with Crippen LogP contribution in [-0.4, -0.2) is 42.1 Å². The third-order valence-electron chi connectivity index (χ3n) is 3.83. The molecule has 1 aromatic rings. The number of hydrogen-bond acceptors (Lipinski definition) is 4.